The number of aromatic nitrogens is 3. The third-order valence-electron chi connectivity index (χ3n) is 3.36. The van der Waals surface area contributed by atoms with Crippen LogP contribution in [-0.4, -0.2) is 17.4 Å². The van der Waals surface area contributed by atoms with Crippen LogP contribution in [0.2, 0.25) is 0 Å². The zero-order valence-electron chi connectivity index (χ0n) is 12.6. The van der Waals surface area contributed by atoms with Crippen LogP contribution in [0, 0.1) is 0 Å². The maximum absolute atomic E-state index is 11.9. The topological polar surface area (TPSA) is 87.1 Å². The zero-order chi connectivity index (χ0) is 16.1. The molecule has 2 heterocycles. The molecular weight excluding hydrogens is 296 g/mol. The summed E-state index contributed by atoms with van der Waals surface area (Å²) in [6, 6.07) is 11.1. The largest absolute Gasteiger partial charge is 0.539 e. The lowest BCUT2D eigenvalue weighted by atomic mass is 10.2. The lowest BCUT2D eigenvalue weighted by Gasteiger charge is -2.03. The monoisotopic (exact) mass is 312 g/mol. The van der Waals surface area contributed by atoms with Crippen molar-refractivity contribution in [2.75, 3.05) is 7.11 Å². The molecule has 1 N–H and O–H groups in total. The Morgan fingerprint density at radius 1 is 1.22 bits per heavy atom. The minimum absolute atomic E-state index is 0.337. The van der Waals surface area contributed by atoms with Gasteiger partial charge >= 0.3 is 0 Å². The van der Waals surface area contributed by atoms with Crippen LogP contribution >= 0.6 is 0 Å². The highest BCUT2D eigenvalue weighted by atomic mass is 16.6. The lowest BCUT2D eigenvalue weighted by Crippen LogP contribution is -2.38. The first-order valence-corrected chi connectivity index (χ1v) is 7.10. The number of ether oxygens (including phenoxy) is 1. The summed E-state index contributed by atoms with van der Waals surface area (Å²) in [6.07, 6.45) is 3.49. The molecule has 0 aliphatic heterocycles. The van der Waals surface area contributed by atoms with Gasteiger partial charge in [0, 0.05) is 31.1 Å². The summed E-state index contributed by atoms with van der Waals surface area (Å²) in [7, 11) is 1.60. The van der Waals surface area contributed by atoms with Crippen molar-refractivity contribution in [3.05, 3.63) is 60.0 Å². The molecule has 0 unspecified atom stereocenters. The number of rotatable bonds is 6. The molecule has 7 nitrogen and oxygen atoms in total. The van der Waals surface area contributed by atoms with Crippen LogP contribution in [0.5, 0.6) is 11.7 Å². The van der Waals surface area contributed by atoms with Crippen LogP contribution in [0.1, 0.15) is 11.3 Å². The van der Waals surface area contributed by atoms with Gasteiger partial charge in [0.05, 0.1) is 18.9 Å². The Morgan fingerprint density at radius 3 is 2.74 bits per heavy atom. The highest BCUT2D eigenvalue weighted by Gasteiger charge is 2.19. The third-order valence-corrected chi connectivity index (χ3v) is 3.36. The summed E-state index contributed by atoms with van der Waals surface area (Å²) in [5, 5.41) is 18.8. The van der Waals surface area contributed by atoms with Crippen molar-refractivity contribution in [2.24, 2.45) is 0 Å². The number of methoxy groups -OCH3 is 1. The average Bonchev–Trinajstić information content (AvgIpc) is 2.97. The van der Waals surface area contributed by atoms with E-state index >= 15 is 0 Å². The Kier molecular flexibility index (Phi) is 4.49. The smallest absolute Gasteiger partial charge is 0.253 e. The van der Waals surface area contributed by atoms with E-state index < -0.39 is 5.95 Å². The summed E-state index contributed by atoms with van der Waals surface area (Å²) in [5.74, 6) is 0.274. The molecule has 0 spiro atoms. The van der Waals surface area contributed by atoms with Crippen molar-refractivity contribution in [2.45, 2.75) is 13.1 Å². The molecule has 7 heteroatoms. The van der Waals surface area contributed by atoms with Crippen LogP contribution in [-0.2, 0) is 13.1 Å². The minimum Gasteiger partial charge on any atom is -0.539 e. The van der Waals surface area contributed by atoms with E-state index in [0.717, 1.165) is 17.0 Å². The number of hydrogen-bond acceptors (Lipinski definition) is 6. The van der Waals surface area contributed by atoms with Gasteiger partial charge in [-0.15, -0.1) is 0 Å². The number of pyridine rings is 1. The first-order valence-electron chi connectivity index (χ1n) is 7.10. The number of hydrogen-bond donors (Lipinski definition) is 1. The second kappa shape index (κ2) is 6.89. The van der Waals surface area contributed by atoms with Gasteiger partial charge in [0.1, 0.15) is 5.75 Å². The molecule has 3 aromatic rings. The Balaban J connectivity index is 1.73. The zero-order valence-corrected chi connectivity index (χ0v) is 12.6. The minimum atomic E-state index is -0.459. The fourth-order valence-corrected chi connectivity index (χ4v) is 2.17. The molecule has 0 saturated heterocycles. The normalized spacial score (nSPS) is 10.7. The predicted molar refractivity (Wildman–Crippen MR) is 78.8 cm³/mol. The van der Waals surface area contributed by atoms with E-state index in [1.807, 2.05) is 24.3 Å². The van der Waals surface area contributed by atoms with Gasteiger partial charge in [-0.2, -0.15) is 0 Å². The number of nitrogens with one attached hydrogen (secondary N) is 1. The van der Waals surface area contributed by atoms with Gasteiger partial charge in [-0.1, -0.05) is 6.07 Å². The van der Waals surface area contributed by atoms with Crippen LogP contribution in [0.4, 0.5) is 0 Å². The van der Waals surface area contributed by atoms with Gasteiger partial charge in [0.2, 0.25) is 5.69 Å². The molecule has 0 aliphatic rings. The fourth-order valence-electron chi connectivity index (χ4n) is 2.17. The van der Waals surface area contributed by atoms with Crippen molar-refractivity contribution in [3.63, 3.8) is 0 Å². The molecule has 23 heavy (non-hydrogen) atoms. The maximum atomic E-state index is 11.9. The van der Waals surface area contributed by atoms with E-state index in [1.54, 1.807) is 31.6 Å². The Bertz CT molecular complexity index is 757. The standard InChI is InChI=1S/C16H16N4O3/c1-22-14-6-4-13(5-7-14)20-15(16(21)23-19-20)11-18-10-12-3-2-8-17-9-12/h2-9,18H,10-11H2,1H3. The van der Waals surface area contributed by atoms with E-state index in [9.17, 15) is 5.11 Å². The predicted octanol–water partition coefficient (Wildman–Crippen LogP) is 0.718. The molecule has 0 bridgehead atoms. The summed E-state index contributed by atoms with van der Waals surface area (Å²) < 4.78 is 11.4. The van der Waals surface area contributed by atoms with Crippen LogP contribution in [0.15, 0.2) is 53.3 Å². The number of benzene rings is 1. The first kappa shape index (κ1) is 15.0. The second-order valence-corrected chi connectivity index (χ2v) is 4.88. The van der Waals surface area contributed by atoms with E-state index in [0.29, 0.717) is 18.8 Å². The molecule has 0 fully saturated rings. The summed E-state index contributed by atoms with van der Waals surface area (Å²) in [6.45, 7) is 0.935. The summed E-state index contributed by atoms with van der Waals surface area (Å²) in [4.78, 5) is 4.05. The van der Waals surface area contributed by atoms with Crippen molar-refractivity contribution < 1.29 is 19.0 Å². The van der Waals surface area contributed by atoms with Crippen molar-refractivity contribution in [3.8, 4) is 17.4 Å². The van der Waals surface area contributed by atoms with Crippen LogP contribution in [0.25, 0.3) is 5.69 Å². The summed E-state index contributed by atoms with van der Waals surface area (Å²) >= 11 is 0. The molecule has 0 radical (unpaired) electrons. The molecule has 1 aromatic carbocycles. The Morgan fingerprint density at radius 2 is 2.04 bits per heavy atom. The quantitative estimate of drug-likeness (QED) is 0.675. The maximum Gasteiger partial charge on any atom is 0.253 e. The summed E-state index contributed by atoms with van der Waals surface area (Å²) in [5.41, 5.74) is 2.20. The molecule has 0 atom stereocenters. The Labute approximate surface area is 133 Å². The molecule has 0 aliphatic carbocycles. The van der Waals surface area contributed by atoms with Gasteiger partial charge in [0.15, 0.2) is 5.95 Å². The van der Waals surface area contributed by atoms with E-state index in [2.05, 4.69) is 15.6 Å². The highest BCUT2D eigenvalue weighted by molar-refractivity contribution is 5.31. The average molecular weight is 312 g/mol. The first-order chi connectivity index (χ1) is 11.3. The molecule has 3 rings (SSSR count). The van der Waals surface area contributed by atoms with Crippen molar-refractivity contribution in [1.29, 1.82) is 0 Å². The lowest BCUT2D eigenvalue weighted by molar-refractivity contribution is -0.677. The van der Waals surface area contributed by atoms with Gasteiger partial charge in [0.25, 0.3) is 5.69 Å². The van der Waals surface area contributed by atoms with Gasteiger partial charge in [-0.05, 0) is 28.4 Å². The second-order valence-electron chi connectivity index (χ2n) is 4.88. The van der Waals surface area contributed by atoms with Gasteiger partial charge in [-0.3, -0.25) is 4.98 Å². The van der Waals surface area contributed by atoms with E-state index in [4.69, 9.17) is 9.26 Å². The van der Waals surface area contributed by atoms with Crippen molar-refractivity contribution in [1.82, 2.24) is 15.6 Å². The van der Waals surface area contributed by atoms with E-state index in [1.165, 1.54) is 4.68 Å². The Hall–Kier alpha value is -2.93. The van der Waals surface area contributed by atoms with Crippen LogP contribution in [0.3, 0.4) is 0 Å². The van der Waals surface area contributed by atoms with Crippen molar-refractivity contribution >= 4 is 0 Å². The van der Waals surface area contributed by atoms with Gasteiger partial charge < -0.3 is 19.7 Å². The molecule has 118 valence electrons. The SMILES string of the molecule is COc1ccc(-[n+]2noc([O-])c2CNCc2cccnc2)cc1. The highest BCUT2D eigenvalue weighted by Crippen LogP contribution is 2.14. The fraction of sp³-hybridized carbons (Fsp3) is 0.188. The molecule has 2 aromatic heterocycles. The van der Waals surface area contributed by atoms with Gasteiger partial charge in [-0.25, -0.2) is 0 Å². The molecule has 0 amide bonds. The van der Waals surface area contributed by atoms with Crippen LogP contribution < -0.4 is 19.8 Å². The third kappa shape index (κ3) is 3.46. The van der Waals surface area contributed by atoms with E-state index in [-0.39, 0.29) is 0 Å². The number of nitrogens with zero attached hydrogens (tertiary/aromatic N) is 3. The molecule has 0 saturated carbocycles. The molecular formula is C16H16N4O3.